The molecule has 1 N–H and O–H groups in total. The number of ketones is 1. The number of benzene rings is 3. The molecule has 4 rings (SSSR count). The number of methoxy groups -OCH3 is 1. The van der Waals surface area contributed by atoms with E-state index in [0.29, 0.717) is 16.9 Å². The SMILES string of the molecule is COc1ccccc1CN1C(=O)C(=O)/C(=C(\O)c2ccc(F)c(C)c2)C1c1ccc(N(C)C)cc1. The van der Waals surface area contributed by atoms with Gasteiger partial charge in [0.2, 0.25) is 0 Å². The molecule has 0 bridgehead atoms. The van der Waals surface area contributed by atoms with Crippen LogP contribution in [-0.4, -0.2) is 42.9 Å². The van der Waals surface area contributed by atoms with Crippen molar-refractivity contribution in [3.05, 3.63) is 100 Å². The highest BCUT2D eigenvalue weighted by molar-refractivity contribution is 6.46. The highest BCUT2D eigenvalue weighted by Gasteiger charge is 2.46. The number of anilines is 1. The van der Waals surface area contributed by atoms with E-state index in [9.17, 15) is 19.1 Å². The van der Waals surface area contributed by atoms with Gasteiger partial charge in [0, 0.05) is 30.9 Å². The summed E-state index contributed by atoms with van der Waals surface area (Å²) in [6.45, 7) is 1.68. The van der Waals surface area contributed by atoms with Crippen molar-refractivity contribution in [1.82, 2.24) is 4.90 Å². The van der Waals surface area contributed by atoms with Crippen LogP contribution in [0.4, 0.5) is 10.1 Å². The first-order valence-electron chi connectivity index (χ1n) is 11.2. The van der Waals surface area contributed by atoms with Crippen molar-refractivity contribution in [2.24, 2.45) is 0 Å². The molecule has 1 saturated heterocycles. The summed E-state index contributed by atoms with van der Waals surface area (Å²) >= 11 is 0. The molecule has 1 fully saturated rings. The van der Waals surface area contributed by atoms with Crippen LogP contribution in [0.2, 0.25) is 0 Å². The summed E-state index contributed by atoms with van der Waals surface area (Å²) in [5.74, 6) is -1.69. The summed E-state index contributed by atoms with van der Waals surface area (Å²) in [6, 6.07) is 18.0. The second-order valence-corrected chi connectivity index (χ2v) is 8.69. The Bertz CT molecular complexity index is 1310. The third kappa shape index (κ3) is 4.49. The van der Waals surface area contributed by atoms with Crippen LogP contribution in [0.1, 0.15) is 28.3 Å². The van der Waals surface area contributed by atoms with E-state index in [0.717, 1.165) is 11.3 Å². The maximum atomic E-state index is 13.9. The fourth-order valence-corrected chi connectivity index (χ4v) is 4.31. The van der Waals surface area contributed by atoms with Gasteiger partial charge in [0.1, 0.15) is 17.3 Å². The van der Waals surface area contributed by atoms with Gasteiger partial charge in [0.25, 0.3) is 11.7 Å². The minimum absolute atomic E-state index is 0.0338. The normalized spacial score (nSPS) is 17.1. The Morgan fingerprint density at radius 1 is 1.06 bits per heavy atom. The number of hydrogen-bond acceptors (Lipinski definition) is 5. The topological polar surface area (TPSA) is 70.1 Å². The average Bonchev–Trinajstić information content (AvgIpc) is 3.10. The van der Waals surface area contributed by atoms with E-state index in [1.54, 1.807) is 20.1 Å². The molecule has 1 heterocycles. The molecule has 1 amide bonds. The van der Waals surface area contributed by atoms with E-state index >= 15 is 0 Å². The molecule has 0 spiro atoms. The number of halogens is 1. The second kappa shape index (κ2) is 9.62. The molecule has 35 heavy (non-hydrogen) atoms. The van der Waals surface area contributed by atoms with Gasteiger partial charge in [-0.05, 0) is 54.4 Å². The van der Waals surface area contributed by atoms with E-state index in [2.05, 4.69) is 0 Å². The Morgan fingerprint density at radius 2 is 1.74 bits per heavy atom. The van der Waals surface area contributed by atoms with Gasteiger partial charge in [-0.1, -0.05) is 30.3 Å². The molecule has 0 saturated carbocycles. The first kappa shape index (κ1) is 24.0. The lowest BCUT2D eigenvalue weighted by Gasteiger charge is -2.26. The summed E-state index contributed by atoms with van der Waals surface area (Å²) in [4.78, 5) is 29.9. The molecule has 0 aromatic heterocycles. The van der Waals surface area contributed by atoms with Crippen LogP contribution in [0.5, 0.6) is 5.75 Å². The molecule has 1 aliphatic rings. The Morgan fingerprint density at radius 3 is 2.37 bits per heavy atom. The number of aliphatic hydroxyl groups excluding tert-OH is 1. The number of likely N-dealkylation sites (tertiary alicyclic amines) is 1. The van der Waals surface area contributed by atoms with Crippen molar-refractivity contribution in [3.63, 3.8) is 0 Å². The van der Waals surface area contributed by atoms with Gasteiger partial charge in [-0.15, -0.1) is 0 Å². The van der Waals surface area contributed by atoms with Crippen LogP contribution < -0.4 is 9.64 Å². The highest BCUT2D eigenvalue weighted by Crippen LogP contribution is 2.41. The molecule has 7 heteroatoms. The quantitative estimate of drug-likeness (QED) is 0.315. The van der Waals surface area contributed by atoms with Crippen LogP contribution in [0.15, 0.2) is 72.3 Å². The molecular weight excluding hydrogens is 447 g/mol. The summed E-state index contributed by atoms with van der Waals surface area (Å²) in [5.41, 5.74) is 2.91. The lowest BCUT2D eigenvalue weighted by Crippen LogP contribution is -2.29. The molecule has 3 aromatic rings. The number of amides is 1. The summed E-state index contributed by atoms with van der Waals surface area (Å²) < 4.78 is 19.3. The smallest absolute Gasteiger partial charge is 0.295 e. The van der Waals surface area contributed by atoms with Gasteiger partial charge in [-0.2, -0.15) is 0 Å². The first-order valence-corrected chi connectivity index (χ1v) is 11.2. The number of ether oxygens (including phenoxy) is 1. The predicted octanol–water partition coefficient (Wildman–Crippen LogP) is 4.83. The van der Waals surface area contributed by atoms with E-state index in [1.165, 1.54) is 23.1 Å². The number of hydrogen-bond donors (Lipinski definition) is 1. The van der Waals surface area contributed by atoms with Crippen molar-refractivity contribution >= 4 is 23.1 Å². The molecule has 1 atom stereocenters. The van der Waals surface area contributed by atoms with E-state index < -0.39 is 23.5 Å². The predicted molar refractivity (Wildman–Crippen MR) is 133 cm³/mol. The Hall–Kier alpha value is -4.13. The monoisotopic (exact) mass is 474 g/mol. The average molecular weight is 475 g/mol. The van der Waals surface area contributed by atoms with Crippen molar-refractivity contribution in [1.29, 1.82) is 0 Å². The van der Waals surface area contributed by atoms with Gasteiger partial charge in [-0.25, -0.2) is 4.39 Å². The van der Waals surface area contributed by atoms with Gasteiger partial charge in [-0.3, -0.25) is 9.59 Å². The zero-order valence-electron chi connectivity index (χ0n) is 20.1. The number of carbonyl (C=O) groups excluding carboxylic acids is 2. The van der Waals surface area contributed by atoms with Crippen molar-refractivity contribution < 1.29 is 23.8 Å². The maximum Gasteiger partial charge on any atom is 0.295 e. The summed E-state index contributed by atoms with van der Waals surface area (Å²) in [7, 11) is 5.38. The van der Waals surface area contributed by atoms with Crippen molar-refractivity contribution in [2.45, 2.75) is 19.5 Å². The largest absolute Gasteiger partial charge is 0.507 e. The maximum absolute atomic E-state index is 13.9. The van der Waals surface area contributed by atoms with Crippen LogP contribution in [-0.2, 0) is 16.1 Å². The molecule has 1 unspecified atom stereocenters. The number of carbonyl (C=O) groups is 2. The van der Waals surface area contributed by atoms with Crippen molar-refractivity contribution in [2.75, 3.05) is 26.1 Å². The Labute approximate surface area is 203 Å². The lowest BCUT2D eigenvalue weighted by molar-refractivity contribution is -0.140. The zero-order valence-corrected chi connectivity index (χ0v) is 20.1. The number of para-hydroxylation sites is 1. The highest BCUT2D eigenvalue weighted by atomic mass is 19.1. The summed E-state index contributed by atoms with van der Waals surface area (Å²) in [5, 5.41) is 11.2. The molecule has 6 nitrogen and oxygen atoms in total. The zero-order chi connectivity index (χ0) is 25.3. The van der Waals surface area contributed by atoms with Crippen LogP contribution in [0.25, 0.3) is 5.76 Å². The molecule has 1 aliphatic heterocycles. The first-order chi connectivity index (χ1) is 16.7. The number of rotatable bonds is 6. The number of Topliss-reactive ketones (excluding diaryl/α,β-unsaturated/α-hetero) is 1. The van der Waals surface area contributed by atoms with E-state index in [1.807, 2.05) is 61.5 Å². The van der Waals surface area contributed by atoms with Crippen LogP contribution in [0, 0.1) is 12.7 Å². The molecular formula is C28H27FN2O4. The fourth-order valence-electron chi connectivity index (χ4n) is 4.31. The number of aryl methyl sites for hydroxylation is 1. The minimum Gasteiger partial charge on any atom is -0.507 e. The molecule has 3 aromatic carbocycles. The van der Waals surface area contributed by atoms with Gasteiger partial charge < -0.3 is 19.6 Å². The number of aliphatic hydroxyl groups is 1. The van der Waals surface area contributed by atoms with E-state index in [-0.39, 0.29) is 23.4 Å². The minimum atomic E-state index is -0.832. The molecule has 0 radical (unpaired) electrons. The van der Waals surface area contributed by atoms with Crippen LogP contribution >= 0.6 is 0 Å². The second-order valence-electron chi connectivity index (χ2n) is 8.69. The molecule has 180 valence electrons. The lowest BCUT2D eigenvalue weighted by atomic mass is 9.94. The van der Waals surface area contributed by atoms with Crippen LogP contribution in [0.3, 0.4) is 0 Å². The summed E-state index contributed by atoms with van der Waals surface area (Å²) in [6.07, 6.45) is 0. The van der Waals surface area contributed by atoms with Gasteiger partial charge in [0.15, 0.2) is 0 Å². The molecule has 0 aliphatic carbocycles. The van der Waals surface area contributed by atoms with E-state index in [4.69, 9.17) is 4.74 Å². The van der Waals surface area contributed by atoms with Gasteiger partial charge in [0.05, 0.1) is 25.3 Å². The van der Waals surface area contributed by atoms with Crippen molar-refractivity contribution in [3.8, 4) is 5.75 Å². The fraction of sp³-hybridized carbons (Fsp3) is 0.214. The number of nitrogens with zero attached hydrogens (tertiary/aromatic N) is 2. The Kier molecular flexibility index (Phi) is 6.60. The standard InChI is InChI=1S/C28H27FN2O4/c1-17-15-19(11-14-22(17)29)26(32)24-25(18-9-12-21(13-10-18)30(2)3)31(28(34)27(24)33)16-20-7-5-6-8-23(20)35-4/h5-15,25,32H,16H2,1-4H3/b26-24-. The Balaban J connectivity index is 1.88. The van der Waals surface area contributed by atoms with Gasteiger partial charge >= 0.3 is 0 Å². The third-order valence-electron chi connectivity index (χ3n) is 6.23. The third-order valence-corrected chi connectivity index (χ3v) is 6.23.